The van der Waals surface area contributed by atoms with Crippen molar-refractivity contribution in [3.05, 3.63) is 52.4 Å². The second-order valence-electron chi connectivity index (χ2n) is 3.27. The van der Waals surface area contributed by atoms with Gasteiger partial charge in [0.25, 0.3) is 0 Å². The Balaban J connectivity index is 2.20. The number of nitrogens with zero attached hydrogens (tertiary/aromatic N) is 1. The highest BCUT2D eigenvalue weighted by Crippen LogP contribution is 2.18. The molecule has 4 nitrogen and oxygen atoms in total. The van der Waals surface area contributed by atoms with Gasteiger partial charge in [-0.05, 0) is 23.8 Å². The number of benzene rings is 1. The third kappa shape index (κ3) is 2.73. The lowest BCUT2D eigenvalue weighted by Crippen LogP contribution is -1.94. The first-order chi connectivity index (χ1) is 8.16. The summed E-state index contributed by atoms with van der Waals surface area (Å²) in [7, 11) is 0. The van der Waals surface area contributed by atoms with E-state index in [0.29, 0.717) is 10.8 Å². The second kappa shape index (κ2) is 4.84. The van der Waals surface area contributed by atoms with Crippen LogP contribution in [0.4, 0.5) is 0 Å². The lowest BCUT2D eigenvalue weighted by Gasteiger charge is -1.94. The maximum Gasteiger partial charge on any atom is 0.358 e. The van der Waals surface area contributed by atoms with Gasteiger partial charge in [0.1, 0.15) is 0 Å². The smallest absolute Gasteiger partial charge is 0.358 e. The number of carboxylic acid groups (broad SMARTS) is 1. The molecule has 1 aromatic heterocycles. The molecule has 0 saturated carbocycles. The summed E-state index contributed by atoms with van der Waals surface area (Å²) in [4.78, 5) is 10.6. The molecule has 0 bridgehead atoms. The number of carboxylic acids is 1. The molecule has 2 aromatic rings. The minimum Gasteiger partial charge on any atom is -0.476 e. The van der Waals surface area contributed by atoms with E-state index in [-0.39, 0.29) is 5.69 Å². The van der Waals surface area contributed by atoms with Gasteiger partial charge in [0.05, 0.1) is 0 Å². The standard InChI is InChI=1S/C12H8ClNO3/c13-10-4-2-1-3-8(10)5-6-9-7-11(12(15)16)14-17-9/h1-7H,(H,15,16)/b6-5+. The predicted molar refractivity (Wildman–Crippen MR) is 63.8 cm³/mol. The summed E-state index contributed by atoms with van der Waals surface area (Å²) < 4.78 is 4.83. The fraction of sp³-hybridized carbons (Fsp3) is 0. The van der Waals surface area contributed by atoms with Gasteiger partial charge in [-0.3, -0.25) is 0 Å². The van der Waals surface area contributed by atoms with Crippen molar-refractivity contribution in [1.29, 1.82) is 0 Å². The fourth-order valence-corrected chi connectivity index (χ4v) is 1.45. The number of hydrogen-bond donors (Lipinski definition) is 1. The molecular weight excluding hydrogens is 242 g/mol. The maximum absolute atomic E-state index is 10.6. The van der Waals surface area contributed by atoms with Crippen molar-refractivity contribution in [2.24, 2.45) is 0 Å². The molecule has 17 heavy (non-hydrogen) atoms. The van der Waals surface area contributed by atoms with Crippen LogP contribution in [0.3, 0.4) is 0 Å². The van der Waals surface area contributed by atoms with Crippen molar-refractivity contribution in [3.63, 3.8) is 0 Å². The van der Waals surface area contributed by atoms with Crippen molar-refractivity contribution >= 4 is 29.7 Å². The molecule has 0 unspecified atom stereocenters. The van der Waals surface area contributed by atoms with E-state index < -0.39 is 5.97 Å². The van der Waals surface area contributed by atoms with Gasteiger partial charge in [0.15, 0.2) is 11.5 Å². The van der Waals surface area contributed by atoms with Crippen LogP contribution in [0.15, 0.2) is 34.9 Å². The average Bonchev–Trinajstić information content (AvgIpc) is 2.77. The molecule has 2 rings (SSSR count). The van der Waals surface area contributed by atoms with Crippen LogP contribution in [0, 0.1) is 0 Å². The Morgan fingerprint density at radius 2 is 2.12 bits per heavy atom. The third-order valence-corrected chi connectivity index (χ3v) is 2.42. The van der Waals surface area contributed by atoms with Crippen molar-refractivity contribution in [1.82, 2.24) is 5.16 Å². The monoisotopic (exact) mass is 249 g/mol. The van der Waals surface area contributed by atoms with Gasteiger partial charge in [0.2, 0.25) is 0 Å². The summed E-state index contributed by atoms with van der Waals surface area (Å²) in [5.41, 5.74) is 0.700. The summed E-state index contributed by atoms with van der Waals surface area (Å²) in [5.74, 6) is -0.756. The molecule has 0 aliphatic heterocycles. The van der Waals surface area contributed by atoms with Gasteiger partial charge in [-0.1, -0.05) is 35.0 Å². The molecule has 0 amide bonds. The van der Waals surface area contributed by atoms with Crippen LogP contribution in [0.5, 0.6) is 0 Å². The Morgan fingerprint density at radius 3 is 2.76 bits per heavy atom. The van der Waals surface area contributed by atoms with E-state index in [9.17, 15) is 4.79 Å². The molecule has 0 radical (unpaired) electrons. The van der Waals surface area contributed by atoms with Crippen molar-refractivity contribution in [2.75, 3.05) is 0 Å². The van der Waals surface area contributed by atoms with Crippen molar-refractivity contribution in [3.8, 4) is 0 Å². The summed E-state index contributed by atoms with van der Waals surface area (Å²) >= 11 is 5.95. The first kappa shape index (κ1) is 11.4. The highest BCUT2D eigenvalue weighted by atomic mass is 35.5. The quantitative estimate of drug-likeness (QED) is 0.907. The first-order valence-corrected chi connectivity index (χ1v) is 5.17. The normalized spacial score (nSPS) is 10.9. The molecule has 5 heteroatoms. The summed E-state index contributed by atoms with van der Waals surface area (Å²) in [6.45, 7) is 0. The zero-order valence-electron chi connectivity index (χ0n) is 8.63. The summed E-state index contributed by atoms with van der Waals surface area (Å²) in [5, 5.41) is 12.7. The van der Waals surface area contributed by atoms with Crippen LogP contribution in [0.2, 0.25) is 5.02 Å². The number of halogens is 1. The Hall–Kier alpha value is -2.07. The molecular formula is C12H8ClNO3. The van der Waals surface area contributed by atoms with Crippen LogP contribution >= 0.6 is 11.6 Å². The predicted octanol–water partition coefficient (Wildman–Crippen LogP) is 3.20. The van der Waals surface area contributed by atoms with Gasteiger partial charge in [-0.15, -0.1) is 0 Å². The van der Waals surface area contributed by atoms with E-state index in [1.54, 1.807) is 18.2 Å². The van der Waals surface area contributed by atoms with Gasteiger partial charge >= 0.3 is 5.97 Å². The number of aromatic nitrogens is 1. The highest BCUT2D eigenvalue weighted by Gasteiger charge is 2.08. The van der Waals surface area contributed by atoms with E-state index >= 15 is 0 Å². The Labute approximate surface area is 102 Å². The summed E-state index contributed by atoms with van der Waals surface area (Å²) in [6.07, 6.45) is 3.34. The van der Waals surface area contributed by atoms with Crippen LogP contribution in [-0.4, -0.2) is 16.2 Å². The lowest BCUT2D eigenvalue weighted by atomic mass is 10.2. The van der Waals surface area contributed by atoms with Crippen LogP contribution < -0.4 is 0 Å². The molecule has 1 heterocycles. The van der Waals surface area contributed by atoms with E-state index in [0.717, 1.165) is 5.56 Å². The molecule has 0 aliphatic rings. The van der Waals surface area contributed by atoms with E-state index in [4.69, 9.17) is 21.2 Å². The van der Waals surface area contributed by atoms with E-state index in [1.807, 2.05) is 18.2 Å². The fourth-order valence-electron chi connectivity index (χ4n) is 1.25. The number of aromatic carboxylic acids is 1. The molecule has 0 aliphatic carbocycles. The molecule has 1 N–H and O–H groups in total. The number of hydrogen-bond acceptors (Lipinski definition) is 3. The third-order valence-electron chi connectivity index (χ3n) is 2.08. The summed E-state index contributed by atoms with van der Waals surface area (Å²) in [6, 6.07) is 8.64. The zero-order valence-corrected chi connectivity index (χ0v) is 9.39. The topological polar surface area (TPSA) is 63.3 Å². The Kier molecular flexibility index (Phi) is 3.25. The van der Waals surface area contributed by atoms with Gasteiger partial charge in [-0.2, -0.15) is 0 Å². The largest absolute Gasteiger partial charge is 0.476 e. The minimum atomic E-state index is -1.12. The maximum atomic E-state index is 10.6. The number of rotatable bonds is 3. The van der Waals surface area contributed by atoms with Crippen LogP contribution in [-0.2, 0) is 0 Å². The Bertz CT molecular complexity index is 575. The average molecular weight is 250 g/mol. The molecule has 0 atom stereocenters. The van der Waals surface area contributed by atoms with Crippen molar-refractivity contribution in [2.45, 2.75) is 0 Å². The van der Waals surface area contributed by atoms with Gasteiger partial charge in [0, 0.05) is 11.1 Å². The molecule has 0 spiro atoms. The minimum absolute atomic E-state index is 0.121. The molecule has 86 valence electrons. The molecule has 1 aromatic carbocycles. The first-order valence-electron chi connectivity index (χ1n) is 4.79. The highest BCUT2D eigenvalue weighted by molar-refractivity contribution is 6.32. The van der Waals surface area contributed by atoms with Gasteiger partial charge in [-0.25, -0.2) is 4.79 Å². The number of carbonyl (C=O) groups is 1. The second-order valence-corrected chi connectivity index (χ2v) is 3.68. The lowest BCUT2D eigenvalue weighted by molar-refractivity contribution is 0.0685. The van der Waals surface area contributed by atoms with E-state index in [1.165, 1.54) is 6.07 Å². The van der Waals surface area contributed by atoms with Crippen LogP contribution in [0.25, 0.3) is 12.2 Å². The van der Waals surface area contributed by atoms with E-state index in [2.05, 4.69) is 5.16 Å². The van der Waals surface area contributed by atoms with Gasteiger partial charge < -0.3 is 9.63 Å². The SMILES string of the molecule is O=C(O)c1cc(/C=C/c2ccccc2Cl)on1. The zero-order chi connectivity index (χ0) is 12.3. The Morgan fingerprint density at radius 1 is 1.35 bits per heavy atom. The van der Waals surface area contributed by atoms with Crippen molar-refractivity contribution < 1.29 is 14.4 Å². The molecule has 0 saturated heterocycles. The molecule has 0 fully saturated rings. The van der Waals surface area contributed by atoms with Crippen LogP contribution in [0.1, 0.15) is 21.8 Å².